The Morgan fingerprint density at radius 3 is 2.77 bits per heavy atom. The molecule has 26 heavy (non-hydrogen) atoms. The Hall–Kier alpha value is -2.40. The van der Waals surface area contributed by atoms with E-state index in [1.54, 1.807) is 0 Å². The molecule has 0 aliphatic rings. The molecule has 0 saturated carbocycles. The number of thiazole rings is 1. The molecule has 0 fully saturated rings. The van der Waals surface area contributed by atoms with Gasteiger partial charge in [-0.1, -0.05) is 24.7 Å². The zero-order valence-corrected chi connectivity index (χ0v) is 14.5. The SMILES string of the molecule is CCCC(N)C(=O)NCC(=O)Nc1nc2ccc(OC(F)(F)F)cc2s1. The van der Waals surface area contributed by atoms with E-state index < -0.39 is 24.2 Å². The topological polar surface area (TPSA) is 106 Å². The highest BCUT2D eigenvalue weighted by Gasteiger charge is 2.31. The standard InChI is InChI=1S/C15H17F3N4O3S/c1-2-3-9(19)13(24)20-7-12(23)22-14-21-10-5-4-8(6-11(10)26-14)25-15(16,17)18/h4-6,9H,2-3,7,19H2,1H3,(H,20,24)(H,21,22,23). The number of fused-ring (bicyclic) bond motifs is 1. The first-order chi connectivity index (χ1) is 12.2. The fraction of sp³-hybridized carbons (Fsp3) is 0.400. The van der Waals surface area contributed by atoms with Gasteiger partial charge in [-0.3, -0.25) is 9.59 Å². The summed E-state index contributed by atoms with van der Waals surface area (Å²) in [6, 6.07) is 2.99. The first-order valence-corrected chi connectivity index (χ1v) is 8.49. The minimum absolute atomic E-state index is 0.196. The first-order valence-electron chi connectivity index (χ1n) is 7.67. The number of anilines is 1. The van der Waals surface area contributed by atoms with E-state index in [1.807, 2.05) is 6.92 Å². The van der Waals surface area contributed by atoms with Gasteiger partial charge in [0.25, 0.3) is 0 Å². The van der Waals surface area contributed by atoms with Gasteiger partial charge in [-0.05, 0) is 18.6 Å². The number of ether oxygens (including phenoxy) is 1. The molecule has 0 spiro atoms. The number of amides is 2. The molecule has 1 atom stereocenters. The predicted molar refractivity (Wildman–Crippen MR) is 90.8 cm³/mol. The van der Waals surface area contributed by atoms with Crippen molar-refractivity contribution in [2.24, 2.45) is 5.73 Å². The van der Waals surface area contributed by atoms with Crippen molar-refractivity contribution in [1.29, 1.82) is 0 Å². The van der Waals surface area contributed by atoms with Gasteiger partial charge in [0.2, 0.25) is 11.8 Å². The maximum atomic E-state index is 12.2. The molecule has 7 nitrogen and oxygen atoms in total. The summed E-state index contributed by atoms with van der Waals surface area (Å²) in [4.78, 5) is 27.6. The van der Waals surface area contributed by atoms with Crippen molar-refractivity contribution in [1.82, 2.24) is 10.3 Å². The lowest BCUT2D eigenvalue weighted by Crippen LogP contribution is -2.43. The monoisotopic (exact) mass is 390 g/mol. The molecule has 142 valence electrons. The third-order valence-electron chi connectivity index (χ3n) is 3.20. The van der Waals surface area contributed by atoms with Crippen LogP contribution in [0, 0.1) is 0 Å². The molecular formula is C15H17F3N4O3S. The summed E-state index contributed by atoms with van der Waals surface area (Å²) < 4.78 is 41.0. The highest BCUT2D eigenvalue weighted by molar-refractivity contribution is 7.22. The van der Waals surface area contributed by atoms with Crippen LogP contribution >= 0.6 is 11.3 Å². The Kier molecular flexibility index (Phi) is 6.37. The Balaban J connectivity index is 1.95. The quantitative estimate of drug-likeness (QED) is 0.673. The number of hydrogen-bond acceptors (Lipinski definition) is 6. The number of aromatic nitrogens is 1. The molecule has 2 aromatic rings. The van der Waals surface area contributed by atoms with Gasteiger partial charge in [0.15, 0.2) is 5.13 Å². The lowest BCUT2D eigenvalue weighted by atomic mass is 10.2. The van der Waals surface area contributed by atoms with E-state index in [1.165, 1.54) is 12.1 Å². The second-order valence-electron chi connectivity index (χ2n) is 5.36. The number of nitrogens with two attached hydrogens (primary N) is 1. The molecule has 0 radical (unpaired) electrons. The van der Waals surface area contributed by atoms with Crippen LogP contribution in [0.4, 0.5) is 18.3 Å². The van der Waals surface area contributed by atoms with Crippen LogP contribution in [-0.2, 0) is 9.59 Å². The van der Waals surface area contributed by atoms with Crippen molar-refractivity contribution >= 4 is 38.5 Å². The highest BCUT2D eigenvalue weighted by atomic mass is 32.1. The lowest BCUT2D eigenvalue weighted by molar-refractivity contribution is -0.274. The smallest absolute Gasteiger partial charge is 0.406 e. The van der Waals surface area contributed by atoms with Crippen LogP contribution in [-0.4, -0.2) is 35.7 Å². The minimum Gasteiger partial charge on any atom is -0.406 e. The van der Waals surface area contributed by atoms with Crippen LogP contribution in [0.3, 0.4) is 0 Å². The second-order valence-corrected chi connectivity index (χ2v) is 6.39. The number of hydrogen-bond donors (Lipinski definition) is 3. The van der Waals surface area contributed by atoms with Gasteiger partial charge in [-0.2, -0.15) is 0 Å². The summed E-state index contributed by atoms with van der Waals surface area (Å²) >= 11 is 0.987. The number of nitrogens with zero attached hydrogens (tertiary/aromatic N) is 1. The van der Waals surface area contributed by atoms with E-state index in [2.05, 4.69) is 20.4 Å². The van der Waals surface area contributed by atoms with E-state index in [4.69, 9.17) is 5.73 Å². The van der Waals surface area contributed by atoms with E-state index in [9.17, 15) is 22.8 Å². The number of halogens is 3. The Morgan fingerprint density at radius 1 is 1.38 bits per heavy atom. The van der Waals surface area contributed by atoms with Crippen LogP contribution in [0.2, 0.25) is 0 Å². The molecule has 0 aliphatic heterocycles. The molecule has 4 N–H and O–H groups in total. The van der Waals surface area contributed by atoms with Crippen LogP contribution in [0.1, 0.15) is 19.8 Å². The van der Waals surface area contributed by atoms with Crippen molar-refractivity contribution in [3.63, 3.8) is 0 Å². The molecular weight excluding hydrogens is 373 g/mol. The molecule has 1 aromatic heterocycles. The van der Waals surface area contributed by atoms with Crippen molar-refractivity contribution in [3.8, 4) is 5.75 Å². The van der Waals surface area contributed by atoms with Crippen molar-refractivity contribution in [2.45, 2.75) is 32.2 Å². The second kappa shape index (κ2) is 8.32. The van der Waals surface area contributed by atoms with Crippen molar-refractivity contribution < 1.29 is 27.5 Å². The largest absolute Gasteiger partial charge is 0.573 e. The fourth-order valence-electron chi connectivity index (χ4n) is 2.06. The Labute approximate surface area is 150 Å². The van der Waals surface area contributed by atoms with Crippen molar-refractivity contribution in [2.75, 3.05) is 11.9 Å². The number of alkyl halides is 3. The van der Waals surface area contributed by atoms with E-state index in [0.29, 0.717) is 16.6 Å². The molecule has 1 heterocycles. The van der Waals surface area contributed by atoms with E-state index in [0.717, 1.165) is 23.8 Å². The van der Waals surface area contributed by atoms with E-state index in [-0.39, 0.29) is 17.4 Å². The van der Waals surface area contributed by atoms with Crippen LogP contribution < -0.4 is 21.1 Å². The predicted octanol–water partition coefficient (Wildman–Crippen LogP) is 2.38. The summed E-state index contributed by atoms with van der Waals surface area (Å²) in [6.45, 7) is 1.60. The summed E-state index contributed by atoms with van der Waals surface area (Å²) in [6.07, 6.45) is -3.54. The Morgan fingerprint density at radius 2 is 2.12 bits per heavy atom. The maximum Gasteiger partial charge on any atom is 0.573 e. The summed E-state index contributed by atoms with van der Waals surface area (Å²) in [7, 11) is 0. The number of nitrogens with one attached hydrogen (secondary N) is 2. The molecule has 1 aromatic carbocycles. The zero-order chi connectivity index (χ0) is 19.3. The number of benzene rings is 1. The average Bonchev–Trinajstić information content (AvgIpc) is 2.92. The number of rotatable bonds is 7. The summed E-state index contributed by atoms with van der Waals surface area (Å²) in [5, 5.41) is 5.08. The van der Waals surface area contributed by atoms with Crippen LogP contribution in [0.25, 0.3) is 10.2 Å². The third kappa shape index (κ3) is 5.85. The van der Waals surface area contributed by atoms with Crippen molar-refractivity contribution in [3.05, 3.63) is 18.2 Å². The van der Waals surface area contributed by atoms with Gasteiger partial charge in [-0.25, -0.2) is 4.98 Å². The summed E-state index contributed by atoms with van der Waals surface area (Å²) in [5.41, 5.74) is 6.04. The van der Waals surface area contributed by atoms with Gasteiger partial charge >= 0.3 is 6.36 Å². The molecule has 1 unspecified atom stereocenters. The molecule has 2 amide bonds. The van der Waals surface area contributed by atoms with Gasteiger partial charge in [0.1, 0.15) is 5.75 Å². The van der Waals surface area contributed by atoms with Gasteiger partial charge < -0.3 is 21.1 Å². The normalized spacial score (nSPS) is 12.7. The van der Waals surface area contributed by atoms with Gasteiger partial charge in [-0.15, -0.1) is 13.2 Å². The molecule has 0 aliphatic carbocycles. The molecule has 0 bridgehead atoms. The average molecular weight is 390 g/mol. The maximum absolute atomic E-state index is 12.2. The molecule has 11 heteroatoms. The zero-order valence-electron chi connectivity index (χ0n) is 13.7. The van der Waals surface area contributed by atoms with Gasteiger partial charge in [0, 0.05) is 6.07 Å². The summed E-state index contributed by atoms with van der Waals surface area (Å²) in [5.74, 6) is -1.32. The molecule has 0 saturated heterocycles. The minimum atomic E-state index is -4.79. The highest BCUT2D eigenvalue weighted by Crippen LogP contribution is 2.31. The first kappa shape index (κ1) is 19.9. The number of carbonyl (C=O) groups is 2. The fourth-order valence-corrected chi connectivity index (χ4v) is 2.97. The number of carbonyl (C=O) groups excluding carboxylic acids is 2. The molecule has 2 rings (SSSR count). The third-order valence-corrected chi connectivity index (χ3v) is 4.13. The van der Waals surface area contributed by atoms with E-state index >= 15 is 0 Å². The van der Waals surface area contributed by atoms with Gasteiger partial charge in [0.05, 0.1) is 22.8 Å². The van der Waals surface area contributed by atoms with Crippen LogP contribution in [0.15, 0.2) is 18.2 Å². The lowest BCUT2D eigenvalue weighted by Gasteiger charge is -2.10. The van der Waals surface area contributed by atoms with Crippen LogP contribution in [0.5, 0.6) is 5.75 Å². The Bertz CT molecular complexity index is 794.